The molecule has 1 heterocycles. The van der Waals surface area contributed by atoms with Crippen LogP contribution in [0.3, 0.4) is 0 Å². The number of fused-ring (bicyclic) bond motifs is 1. The highest BCUT2D eigenvalue weighted by Gasteiger charge is 2.12. The van der Waals surface area contributed by atoms with Crippen LogP contribution >= 0.6 is 0 Å². The second-order valence-corrected chi connectivity index (χ2v) is 4.96. The van der Waals surface area contributed by atoms with Gasteiger partial charge in [0.1, 0.15) is 11.9 Å². The third-order valence-electron chi connectivity index (χ3n) is 3.44. The summed E-state index contributed by atoms with van der Waals surface area (Å²) in [7, 11) is 0. The lowest BCUT2D eigenvalue weighted by atomic mass is 9.99. The molecule has 4 heteroatoms. The van der Waals surface area contributed by atoms with Gasteiger partial charge >= 0.3 is 0 Å². The number of H-pyrrole nitrogens is 1. The van der Waals surface area contributed by atoms with Gasteiger partial charge in [-0.05, 0) is 30.2 Å². The van der Waals surface area contributed by atoms with Gasteiger partial charge in [0.15, 0.2) is 0 Å². The van der Waals surface area contributed by atoms with Gasteiger partial charge in [0.2, 0.25) is 0 Å². The van der Waals surface area contributed by atoms with Crippen molar-refractivity contribution in [2.75, 3.05) is 0 Å². The third kappa shape index (κ3) is 2.31. The van der Waals surface area contributed by atoms with Crippen molar-refractivity contribution in [1.82, 2.24) is 9.97 Å². The Morgan fingerprint density at radius 1 is 1.10 bits per heavy atom. The molecule has 1 aromatic heterocycles. The molecule has 0 bridgehead atoms. The van der Waals surface area contributed by atoms with Gasteiger partial charge < -0.3 is 15.8 Å². The molecular weight excluding hydrogens is 250 g/mol. The van der Waals surface area contributed by atoms with Gasteiger partial charge in [-0.25, -0.2) is 4.98 Å². The minimum Gasteiger partial charge on any atom is -0.385 e. The summed E-state index contributed by atoms with van der Waals surface area (Å²) >= 11 is 0. The number of hydrogen-bond acceptors (Lipinski definition) is 3. The van der Waals surface area contributed by atoms with Crippen molar-refractivity contribution < 1.29 is 5.11 Å². The molecule has 102 valence electrons. The number of nitrogens with one attached hydrogen (secondary N) is 1. The van der Waals surface area contributed by atoms with Crippen LogP contribution in [0.5, 0.6) is 0 Å². The number of aromatic amines is 1. The number of aromatic nitrogens is 2. The first kappa shape index (κ1) is 12.8. The molecular formula is C16H17N3O. The van der Waals surface area contributed by atoms with Crippen molar-refractivity contribution in [3.63, 3.8) is 0 Å². The quantitative estimate of drug-likeness (QED) is 0.683. The molecule has 2 atom stereocenters. The van der Waals surface area contributed by atoms with Crippen molar-refractivity contribution in [2.24, 2.45) is 5.73 Å². The lowest BCUT2D eigenvalue weighted by molar-refractivity contribution is 0.190. The van der Waals surface area contributed by atoms with Crippen LogP contribution in [-0.4, -0.2) is 15.1 Å². The van der Waals surface area contributed by atoms with E-state index in [9.17, 15) is 5.11 Å². The Bertz CT molecular complexity index is 719. The monoisotopic (exact) mass is 267 g/mol. The number of hydrogen-bond donors (Lipinski definition) is 3. The van der Waals surface area contributed by atoms with Gasteiger partial charge in [-0.2, -0.15) is 0 Å². The van der Waals surface area contributed by atoms with Gasteiger partial charge in [-0.15, -0.1) is 0 Å². The van der Waals surface area contributed by atoms with E-state index in [2.05, 4.69) is 9.97 Å². The molecule has 0 saturated carbocycles. The normalized spacial score (nSPS) is 14.3. The zero-order valence-electron chi connectivity index (χ0n) is 11.2. The maximum Gasteiger partial charge on any atom is 0.135 e. The van der Waals surface area contributed by atoms with E-state index in [-0.39, 0.29) is 6.04 Å². The molecule has 4 N–H and O–H groups in total. The first-order chi connectivity index (χ1) is 9.65. The van der Waals surface area contributed by atoms with Crippen LogP contribution < -0.4 is 5.73 Å². The van der Waals surface area contributed by atoms with Crippen molar-refractivity contribution in [3.05, 3.63) is 65.5 Å². The average Bonchev–Trinajstić information content (AvgIpc) is 2.90. The number of imidazole rings is 1. The minimum atomic E-state index is -0.603. The van der Waals surface area contributed by atoms with Gasteiger partial charge in [-0.1, -0.05) is 36.4 Å². The Morgan fingerprint density at radius 3 is 2.55 bits per heavy atom. The number of aliphatic hydroxyl groups excluding tert-OH is 1. The van der Waals surface area contributed by atoms with E-state index in [0.717, 1.165) is 22.2 Å². The SMILES string of the molecule is CC(O)c1nc2ccc(C(N)c3ccccc3)cc2[nH]1. The van der Waals surface area contributed by atoms with Crippen molar-refractivity contribution in [2.45, 2.75) is 19.1 Å². The predicted molar refractivity (Wildman–Crippen MR) is 79.2 cm³/mol. The summed E-state index contributed by atoms with van der Waals surface area (Å²) in [6.07, 6.45) is -0.603. The summed E-state index contributed by atoms with van der Waals surface area (Å²) in [6.45, 7) is 1.69. The molecule has 0 radical (unpaired) electrons. The van der Waals surface area contributed by atoms with E-state index in [4.69, 9.17) is 5.73 Å². The Hall–Kier alpha value is -2.17. The fourth-order valence-electron chi connectivity index (χ4n) is 2.29. The Morgan fingerprint density at radius 2 is 1.85 bits per heavy atom. The van der Waals surface area contributed by atoms with E-state index in [1.807, 2.05) is 48.5 Å². The fraction of sp³-hybridized carbons (Fsp3) is 0.188. The van der Waals surface area contributed by atoms with Gasteiger partial charge in [0, 0.05) is 0 Å². The first-order valence-electron chi connectivity index (χ1n) is 6.63. The summed E-state index contributed by atoms with van der Waals surface area (Å²) in [5.74, 6) is 0.574. The molecule has 0 aliphatic rings. The second-order valence-electron chi connectivity index (χ2n) is 4.96. The lowest BCUT2D eigenvalue weighted by Crippen LogP contribution is -2.11. The molecule has 3 aromatic rings. The predicted octanol–water partition coefficient (Wildman–Crippen LogP) is 2.66. The van der Waals surface area contributed by atoms with E-state index < -0.39 is 6.10 Å². The number of benzene rings is 2. The molecule has 3 rings (SSSR count). The van der Waals surface area contributed by atoms with Gasteiger partial charge in [0.25, 0.3) is 0 Å². The zero-order chi connectivity index (χ0) is 14.1. The van der Waals surface area contributed by atoms with Crippen LogP contribution in [0.25, 0.3) is 11.0 Å². The van der Waals surface area contributed by atoms with E-state index >= 15 is 0 Å². The topological polar surface area (TPSA) is 74.9 Å². The molecule has 0 spiro atoms. The third-order valence-corrected chi connectivity index (χ3v) is 3.44. The number of nitrogens with two attached hydrogens (primary N) is 1. The van der Waals surface area contributed by atoms with Crippen molar-refractivity contribution in [3.8, 4) is 0 Å². The molecule has 20 heavy (non-hydrogen) atoms. The summed E-state index contributed by atoms with van der Waals surface area (Å²) in [5.41, 5.74) is 10.1. The molecule has 0 aliphatic heterocycles. The highest BCUT2D eigenvalue weighted by Crippen LogP contribution is 2.23. The maximum atomic E-state index is 9.56. The number of nitrogens with zero attached hydrogens (tertiary/aromatic N) is 1. The molecule has 0 aliphatic carbocycles. The van der Waals surface area contributed by atoms with E-state index in [1.165, 1.54) is 0 Å². The van der Waals surface area contributed by atoms with Crippen LogP contribution in [0.4, 0.5) is 0 Å². The Balaban J connectivity index is 2.00. The standard InChI is InChI=1S/C16H17N3O/c1-10(20)16-18-13-8-7-12(9-14(13)19-16)15(17)11-5-3-2-4-6-11/h2-10,15,20H,17H2,1H3,(H,18,19). The summed E-state index contributed by atoms with van der Waals surface area (Å²) in [4.78, 5) is 7.46. The van der Waals surface area contributed by atoms with Crippen LogP contribution in [0, 0.1) is 0 Å². The molecule has 0 fully saturated rings. The van der Waals surface area contributed by atoms with Crippen LogP contribution in [-0.2, 0) is 0 Å². The molecule has 2 aromatic carbocycles. The lowest BCUT2D eigenvalue weighted by Gasteiger charge is -2.12. The van der Waals surface area contributed by atoms with Crippen molar-refractivity contribution >= 4 is 11.0 Å². The smallest absolute Gasteiger partial charge is 0.135 e. The summed E-state index contributed by atoms with van der Waals surface area (Å²) in [6, 6.07) is 15.7. The number of aliphatic hydroxyl groups is 1. The largest absolute Gasteiger partial charge is 0.385 e. The highest BCUT2D eigenvalue weighted by molar-refractivity contribution is 5.76. The first-order valence-corrected chi connectivity index (χ1v) is 6.63. The Kier molecular flexibility index (Phi) is 3.26. The van der Waals surface area contributed by atoms with Crippen LogP contribution in [0.2, 0.25) is 0 Å². The maximum absolute atomic E-state index is 9.56. The Labute approximate surface area is 117 Å². The van der Waals surface area contributed by atoms with E-state index in [0.29, 0.717) is 5.82 Å². The summed E-state index contributed by atoms with van der Waals surface area (Å²) in [5, 5.41) is 9.56. The number of rotatable bonds is 3. The molecule has 0 saturated heterocycles. The van der Waals surface area contributed by atoms with Crippen LogP contribution in [0.1, 0.15) is 36.0 Å². The van der Waals surface area contributed by atoms with Crippen molar-refractivity contribution in [1.29, 1.82) is 0 Å². The van der Waals surface area contributed by atoms with Crippen LogP contribution in [0.15, 0.2) is 48.5 Å². The minimum absolute atomic E-state index is 0.168. The highest BCUT2D eigenvalue weighted by atomic mass is 16.3. The van der Waals surface area contributed by atoms with E-state index in [1.54, 1.807) is 6.92 Å². The average molecular weight is 267 g/mol. The summed E-state index contributed by atoms with van der Waals surface area (Å²) < 4.78 is 0. The van der Waals surface area contributed by atoms with Gasteiger partial charge in [0.05, 0.1) is 17.1 Å². The molecule has 2 unspecified atom stereocenters. The molecule has 0 amide bonds. The molecule has 4 nitrogen and oxygen atoms in total. The zero-order valence-corrected chi connectivity index (χ0v) is 11.2. The fourth-order valence-corrected chi connectivity index (χ4v) is 2.29. The van der Waals surface area contributed by atoms with Gasteiger partial charge in [-0.3, -0.25) is 0 Å². The second kappa shape index (κ2) is 5.07.